The predicted octanol–water partition coefficient (Wildman–Crippen LogP) is 0.897. The lowest BCUT2D eigenvalue weighted by Gasteiger charge is -1.97. The highest BCUT2D eigenvalue weighted by Crippen LogP contribution is 1.99. The van der Waals surface area contributed by atoms with Crippen molar-refractivity contribution < 1.29 is 0 Å². The summed E-state index contributed by atoms with van der Waals surface area (Å²) in [5.74, 6) is 0. The molecule has 0 bridgehead atoms. The van der Waals surface area contributed by atoms with Gasteiger partial charge in [0.15, 0.2) is 0 Å². The van der Waals surface area contributed by atoms with Crippen molar-refractivity contribution in [3.63, 3.8) is 0 Å². The van der Waals surface area contributed by atoms with Gasteiger partial charge in [0, 0.05) is 10.2 Å². The van der Waals surface area contributed by atoms with E-state index in [-0.39, 0.29) is 0 Å². The normalized spacial score (nSPS) is 9.80. The van der Waals surface area contributed by atoms with E-state index in [9.17, 15) is 0 Å². The van der Waals surface area contributed by atoms with Crippen LogP contribution in [0, 0.1) is 0 Å². The summed E-state index contributed by atoms with van der Waals surface area (Å²) >= 11 is 0. The van der Waals surface area contributed by atoms with E-state index in [0.717, 1.165) is 0 Å². The van der Waals surface area contributed by atoms with E-state index in [0.29, 0.717) is 0 Å². The summed E-state index contributed by atoms with van der Waals surface area (Å²) < 4.78 is 0. The fraction of sp³-hybridized carbons (Fsp3) is 0.333. The molecule has 0 N–H and O–H groups in total. The molecule has 1 aromatic carbocycles. The lowest BCUT2D eigenvalue weighted by Crippen LogP contribution is -2.00. The summed E-state index contributed by atoms with van der Waals surface area (Å²) in [4.78, 5) is 0. The van der Waals surface area contributed by atoms with Crippen LogP contribution in [0.3, 0.4) is 0 Å². The summed E-state index contributed by atoms with van der Waals surface area (Å²) in [7, 11) is 1.93. The minimum absolute atomic E-state index is 1.21. The summed E-state index contributed by atoms with van der Waals surface area (Å²) in [5.41, 5.74) is 1.46. The second-order valence-corrected chi connectivity index (χ2v) is 3.38. The van der Waals surface area contributed by atoms with Gasteiger partial charge in [-0.05, 0) is 12.0 Å². The van der Waals surface area contributed by atoms with Crippen LogP contribution in [0.5, 0.6) is 0 Å². The minimum Gasteiger partial charge on any atom is -0.0697 e. The molecule has 10 heavy (non-hydrogen) atoms. The number of hydrogen-bond donors (Lipinski definition) is 0. The van der Waals surface area contributed by atoms with Gasteiger partial charge in [0.2, 0.25) is 0 Å². The number of benzene rings is 1. The smallest absolute Gasteiger partial charge is 0.0477 e. The molecule has 0 amide bonds. The van der Waals surface area contributed by atoms with Crippen LogP contribution in [0.4, 0.5) is 0 Å². The van der Waals surface area contributed by atoms with Gasteiger partial charge in [-0.25, -0.2) is 0 Å². The van der Waals surface area contributed by atoms with Crippen molar-refractivity contribution in [3.05, 3.63) is 29.8 Å². The summed E-state index contributed by atoms with van der Waals surface area (Å²) in [6.45, 7) is 2.21. The first-order valence-electron chi connectivity index (χ1n) is 3.74. The predicted molar refractivity (Wildman–Crippen MR) is 48.6 cm³/mol. The fourth-order valence-corrected chi connectivity index (χ4v) is 1.23. The molecule has 1 rings (SSSR count). The minimum atomic E-state index is 1.21. The van der Waals surface area contributed by atoms with Crippen LogP contribution in [-0.2, 0) is 6.42 Å². The van der Waals surface area contributed by atoms with Gasteiger partial charge in [0.1, 0.15) is 0 Å². The lowest BCUT2D eigenvalue weighted by atomic mass is 10.1. The fourth-order valence-electron chi connectivity index (χ4n) is 0.995. The molecule has 0 saturated carbocycles. The molecule has 0 aliphatic rings. The van der Waals surface area contributed by atoms with E-state index >= 15 is 0 Å². The largest absolute Gasteiger partial charge is 0.0697 e. The SMILES string of the molecule is CCCc1ccc([SiH2])cc1. The molecule has 0 fully saturated rings. The Balaban J connectivity index is 2.69. The molecule has 1 aromatic rings. The molecule has 0 aromatic heterocycles. The van der Waals surface area contributed by atoms with Crippen molar-refractivity contribution in [1.29, 1.82) is 0 Å². The van der Waals surface area contributed by atoms with Gasteiger partial charge in [-0.3, -0.25) is 0 Å². The van der Waals surface area contributed by atoms with Crippen LogP contribution in [0.25, 0.3) is 0 Å². The average Bonchev–Trinajstić information content (AvgIpc) is 1.95. The van der Waals surface area contributed by atoms with Crippen molar-refractivity contribution in [2.45, 2.75) is 19.8 Å². The molecule has 0 unspecified atom stereocenters. The number of hydrogen-bond acceptors (Lipinski definition) is 0. The Hall–Kier alpha value is -0.563. The van der Waals surface area contributed by atoms with Gasteiger partial charge >= 0.3 is 0 Å². The molecule has 1 radical (unpaired) electrons. The third-order valence-corrected chi connectivity index (χ3v) is 2.03. The maximum atomic E-state index is 2.21. The average molecular weight is 149 g/mol. The zero-order chi connectivity index (χ0) is 7.40. The highest BCUT2D eigenvalue weighted by molar-refractivity contribution is 6.32. The van der Waals surface area contributed by atoms with Gasteiger partial charge in [0.25, 0.3) is 0 Å². The maximum Gasteiger partial charge on any atom is 0.0477 e. The Kier molecular flexibility index (Phi) is 2.69. The first-order valence-corrected chi connectivity index (χ1v) is 4.44. The first kappa shape index (κ1) is 7.54. The molecule has 0 spiro atoms. The quantitative estimate of drug-likeness (QED) is 0.548. The van der Waals surface area contributed by atoms with Gasteiger partial charge in [-0.1, -0.05) is 42.8 Å². The molecule has 0 heterocycles. The Labute approximate surface area is 65.7 Å². The zero-order valence-electron chi connectivity index (χ0n) is 6.43. The molecule has 1 heteroatoms. The zero-order valence-corrected chi connectivity index (χ0v) is 7.84. The molecule has 0 atom stereocenters. The monoisotopic (exact) mass is 149 g/mol. The topological polar surface area (TPSA) is 0 Å². The maximum absolute atomic E-state index is 2.21. The van der Waals surface area contributed by atoms with E-state index in [4.69, 9.17) is 0 Å². The third-order valence-electron chi connectivity index (χ3n) is 1.56. The van der Waals surface area contributed by atoms with E-state index in [1.54, 1.807) is 0 Å². The van der Waals surface area contributed by atoms with Gasteiger partial charge in [-0.2, -0.15) is 0 Å². The second-order valence-electron chi connectivity index (χ2n) is 2.57. The van der Waals surface area contributed by atoms with Gasteiger partial charge in [0.05, 0.1) is 0 Å². The van der Waals surface area contributed by atoms with Crippen molar-refractivity contribution in [3.8, 4) is 0 Å². The Bertz CT molecular complexity index is 188. The Morgan fingerprint density at radius 2 is 1.80 bits per heavy atom. The van der Waals surface area contributed by atoms with Gasteiger partial charge < -0.3 is 0 Å². The third kappa shape index (κ3) is 1.99. The van der Waals surface area contributed by atoms with Crippen LogP contribution in [0.15, 0.2) is 24.3 Å². The van der Waals surface area contributed by atoms with E-state index in [1.165, 1.54) is 23.6 Å². The number of aryl methyl sites for hydroxylation is 1. The standard InChI is InChI=1S/C9H13Si/c1-2-3-8-4-6-9(10)7-5-8/h4-7H,2-3,10H2,1H3. The molecule has 0 saturated heterocycles. The van der Waals surface area contributed by atoms with Crippen molar-refractivity contribution >= 4 is 15.4 Å². The molecule has 53 valence electrons. The van der Waals surface area contributed by atoms with E-state index in [2.05, 4.69) is 31.2 Å². The summed E-state index contributed by atoms with van der Waals surface area (Å²) in [5, 5.41) is 1.37. The molecular formula is C9H13Si. The molecule has 0 aliphatic carbocycles. The molecule has 0 aliphatic heterocycles. The summed E-state index contributed by atoms with van der Waals surface area (Å²) in [6.07, 6.45) is 2.45. The van der Waals surface area contributed by atoms with Crippen LogP contribution >= 0.6 is 0 Å². The first-order chi connectivity index (χ1) is 4.83. The number of rotatable bonds is 2. The van der Waals surface area contributed by atoms with Crippen LogP contribution < -0.4 is 5.19 Å². The van der Waals surface area contributed by atoms with E-state index < -0.39 is 0 Å². The highest BCUT2D eigenvalue weighted by atomic mass is 28.1. The van der Waals surface area contributed by atoms with Gasteiger partial charge in [-0.15, -0.1) is 0 Å². The van der Waals surface area contributed by atoms with Crippen molar-refractivity contribution in [2.75, 3.05) is 0 Å². The van der Waals surface area contributed by atoms with Crippen molar-refractivity contribution in [1.82, 2.24) is 0 Å². The van der Waals surface area contributed by atoms with Crippen LogP contribution in [-0.4, -0.2) is 10.2 Å². The van der Waals surface area contributed by atoms with Crippen LogP contribution in [0.2, 0.25) is 0 Å². The second kappa shape index (κ2) is 3.57. The van der Waals surface area contributed by atoms with E-state index in [1.807, 2.05) is 10.2 Å². The highest BCUT2D eigenvalue weighted by Gasteiger charge is 1.87. The van der Waals surface area contributed by atoms with Crippen LogP contribution in [0.1, 0.15) is 18.9 Å². The summed E-state index contributed by atoms with van der Waals surface area (Å²) in [6, 6.07) is 8.80. The molecular weight excluding hydrogens is 136 g/mol. The Morgan fingerprint density at radius 1 is 1.20 bits per heavy atom. The lowest BCUT2D eigenvalue weighted by molar-refractivity contribution is 0.922. The molecule has 0 nitrogen and oxygen atoms in total. The Morgan fingerprint density at radius 3 is 2.30 bits per heavy atom. The van der Waals surface area contributed by atoms with Crippen molar-refractivity contribution in [2.24, 2.45) is 0 Å².